The lowest BCUT2D eigenvalue weighted by atomic mass is 10.0. The number of pyridine rings is 1. The van der Waals surface area contributed by atoms with Crippen molar-refractivity contribution in [1.29, 1.82) is 0 Å². The van der Waals surface area contributed by atoms with E-state index in [9.17, 15) is 14.4 Å². The maximum atomic E-state index is 13.3. The number of aromatic amines is 1. The van der Waals surface area contributed by atoms with E-state index < -0.39 is 11.2 Å². The van der Waals surface area contributed by atoms with Crippen molar-refractivity contribution in [2.45, 2.75) is 53.1 Å². The van der Waals surface area contributed by atoms with E-state index in [2.05, 4.69) is 15.1 Å². The van der Waals surface area contributed by atoms with Gasteiger partial charge in [0.05, 0.1) is 17.5 Å². The number of hydrogen-bond donors (Lipinski definition) is 1. The Balaban J connectivity index is 2.19. The molecule has 3 aromatic heterocycles. The molecule has 154 valence electrons. The second-order valence-electron chi connectivity index (χ2n) is 7.45. The van der Waals surface area contributed by atoms with Crippen LogP contribution in [0.4, 0.5) is 0 Å². The average molecular weight is 399 g/mol. The molecule has 0 fully saturated rings. The number of fused-ring (bicyclic) bond motifs is 1. The predicted octanol–water partition coefficient (Wildman–Crippen LogP) is 2.19. The van der Waals surface area contributed by atoms with Gasteiger partial charge in [-0.2, -0.15) is 0 Å². The third-order valence-corrected chi connectivity index (χ3v) is 4.66. The smallest absolute Gasteiger partial charge is 0.329 e. The van der Waals surface area contributed by atoms with Gasteiger partial charge in [-0.25, -0.2) is 9.78 Å². The lowest BCUT2D eigenvalue weighted by molar-refractivity contribution is 0.0783. The molecule has 3 rings (SSSR count). The second kappa shape index (κ2) is 8.02. The predicted molar refractivity (Wildman–Crippen MR) is 108 cm³/mol. The van der Waals surface area contributed by atoms with Crippen LogP contribution in [0.5, 0.6) is 0 Å². The number of aromatic nitrogens is 4. The van der Waals surface area contributed by atoms with Gasteiger partial charge in [-0.15, -0.1) is 0 Å². The molecular weight excluding hydrogens is 374 g/mol. The summed E-state index contributed by atoms with van der Waals surface area (Å²) in [4.78, 5) is 46.6. The van der Waals surface area contributed by atoms with Gasteiger partial charge in [-0.3, -0.25) is 19.1 Å². The Hall–Kier alpha value is -3.23. The lowest BCUT2D eigenvalue weighted by Gasteiger charge is -2.19. The zero-order chi connectivity index (χ0) is 21.3. The van der Waals surface area contributed by atoms with Crippen LogP contribution in [-0.4, -0.2) is 37.5 Å². The molecule has 0 saturated carbocycles. The van der Waals surface area contributed by atoms with Crippen molar-refractivity contribution in [3.8, 4) is 0 Å². The Morgan fingerprint density at radius 3 is 2.62 bits per heavy atom. The lowest BCUT2D eigenvalue weighted by Crippen LogP contribution is -2.34. The maximum Gasteiger partial charge on any atom is 0.329 e. The minimum atomic E-state index is -0.616. The van der Waals surface area contributed by atoms with Crippen LogP contribution in [-0.2, 0) is 13.1 Å². The highest BCUT2D eigenvalue weighted by atomic mass is 16.5. The summed E-state index contributed by atoms with van der Waals surface area (Å²) >= 11 is 0. The summed E-state index contributed by atoms with van der Waals surface area (Å²) in [6, 6.07) is 3.38. The molecule has 1 amide bonds. The quantitative estimate of drug-likeness (QED) is 0.680. The summed E-state index contributed by atoms with van der Waals surface area (Å²) < 4.78 is 6.47. The van der Waals surface area contributed by atoms with E-state index in [1.807, 2.05) is 20.8 Å². The summed E-state index contributed by atoms with van der Waals surface area (Å²) in [5.41, 5.74) is 0.559. The number of aryl methyl sites for hydroxylation is 2. The van der Waals surface area contributed by atoms with Gasteiger partial charge in [0, 0.05) is 25.4 Å². The first kappa shape index (κ1) is 20.5. The van der Waals surface area contributed by atoms with E-state index in [1.165, 1.54) is 9.47 Å². The zero-order valence-electron chi connectivity index (χ0n) is 17.3. The van der Waals surface area contributed by atoms with Crippen molar-refractivity contribution in [2.75, 3.05) is 7.05 Å². The van der Waals surface area contributed by atoms with E-state index in [1.54, 1.807) is 26.1 Å². The van der Waals surface area contributed by atoms with E-state index in [0.717, 1.165) is 0 Å². The fraction of sp³-hybridized carbons (Fsp3) is 0.450. The number of nitrogens with zero attached hydrogens (tertiary/aromatic N) is 4. The van der Waals surface area contributed by atoms with Crippen molar-refractivity contribution in [3.05, 3.63) is 55.7 Å². The Bertz CT molecular complexity index is 1170. The molecule has 9 heteroatoms. The fourth-order valence-corrected chi connectivity index (χ4v) is 3.20. The zero-order valence-corrected chi connectivity index (χ0v) is 17.3. The molecule has 0 spiro atoms. The van der Waals surface area contributed by atoms with Crippen LogP contribution in [0.25, 0.3) is 11.0 Å². The van der Waals surface area contributed by atoms with Crippen LogP contribution in [0.1, 0.15) is 60.6 Å². The summed E-state index contributed by atoms with van der Waals surface area (Å²) in [5, 5.41) is 4.03. The highest BCUT2D eigenvalue weighted by Crippen LogP contribution is 2.21. The number of H-pyrrole nitrogens is 1. The minimum Gasteiger partial charge on any atom is -0.361 e. The van der Waals surface area contributed by atoms with Gasteiger partial charge < -0.3 is 9.42 Å². The van der Waals surface area contributed by atoms with Crippen molar-refractivity contribution in [3.63, 3.8) is 0 Å². The number of carbonyl (C=O) groups is 1. The first-order valence-corrected chi connectivity index (χ1v) is 9.58. The Kier molecular flexibility index (Phi) is 5.67. The summed E-state index contributed by atoms with van der Waals surface area (Å²) in [5.74, 6) is 0.309. The molecule has 0 aromatic carbocycles. The molecule has 0 atom stereocenters. The summed E-state index contributed by atoms with van der Waals surface area (Å²) in [6.07, 6.45) is 0.684. The number of rotatable bonds is 6. The number of amides is 1. The summed E-state index contributed by atoms with van der Waals surface area (Å²) in [6.45, 7) is 8.21. The molecule has 0 aliphatic carbocycles. The maximum absolute atomic E-state index is 13.3. The number of nitrogens with one attached hydrogen (secondary N) is 1. The van der Waals surface area contributed by atoms with Gasteiger partial charge in [-0.1, -0.05) is 25.9 Å². The van der Waals surface area contributed by atoms with Crippen molar-refractivity contribution in [1.82, 2.24) is 24.6 Å². The third kappa shape index (κ3) is 3.98. The molecule has 3 heterocycles. The van der Waals surface area contributed by atoms with Gasteiger partial charge in [0.25, 0.3) is 11.5 Å². The van der Waals surface area contributed by atoms with Gasteiger partial charge in [0.1, 0.15) is 11.5 Å². The fourth-order valence-electron chi connectivity index (χ4n) is 3.20. The molecule has 0 aliphatic rings. The van der Waals surface area contributed by atoms with Gasteiger partial charge >= 0.3 is 5.69 Å². The highest BCUT2D eigenvalue weighted by molar-refractivity contribution is 6.05. The average Bonchev–Trinajstić information content (AvgIpc) is 3.07. The molecule has 0 unspecified atom stereocenters. The largest absolute Gasteiger partial charge is 0.361 e. The minimum absolute atomic E-state index is 0.0129. The molecular formula is C20H25N5O4. The Morgan fingerprint density at radius 1 is 1.31 bits per heavy atom. The van der Waals surface area contributed by atoms with E-state index >= 15 is 0 Å². The van der Waals surface area contributed by atoms with Crippen LogP contribution in [0.3, 0.4) is 0 Å². The van der Waals surface area contributed by atoms with Crippen LogP contribution in [0.15, 0.2) is 26.2 Å². The number of carbonyl (C=O) groups excluding carboxylic acids is 1. The van der Waals surface area contributed by atoms with Crippen LogP contribution in [0, 0.1) is 6.92 Å². The van der Waals surface area contributed by atoms with Crippen molar-refractivity contribution < 1.29 is 9.32 Å². The SMILES string of the molecule is CCCn1c(=O)[nH]c(=O)c2c(C(=O)N(C)Cc3cc(C)on3)cc(C(C)C)nc21. The first-order valence-electron chi connectivity index (χ1n) is 9.58. The molecule has 9 nitrogen and oxygen atoms in total. The third-order valence-electron chi connectivity index (χ3n) is 4.66. The number of hydrogen-bond acceptors (Lipinski definition) is 6. The first-order chi connectivity index (χ1) is 13.7. The van der Waals surface area contributed by atoms with Gasteiger partial charge in [-0.05, 0) is 25.3 Å². The topological polar surface area (TPSA) is 114 Å². The van der Waals surface area contributed by atoms with Crippen LogP contribution < -0.4 is 11.2 Å². The highest BCUT2D eigenvalue weighted by Gasteiger charge is 2.23. The standard InChI is InChI=1S/C20H25N5O4/c1-6-7-25-17-16(18(26)22-20(25)28)14(9-15(21-17)11(2)3)19(27)24(5)10-13-8-12(4)29-23-13/h8-9,11H,6-7,10H2,1-5H3,(H,22,26,28). The van der Waals surface area contributed by atoms with E-state index in [0.29, 0.717) is 30.1 Å². The second-order valence-corrected chi connectivity index (χ2v) is 7.45. The van der Waals surface area contributed by atoms with Crippen molar-refractivity contribution >= 4 is 16.9 Å². The van der Waals surface area contributed by atoms with E-state index in [-0.39, 0.29) is 35.0 Å². The monoisotopic (exact) mass is 399 g/mol. The molecule has 0 saturated heterocycles. The summed E-state index contributed by atoms with van der Waals surface area (Å²) in [7, 11) is 1.63. The van der Waals surface area contributed by atoms with Crippen LogP contribution >= 0.6 is 0 Å². The van der Waals surface area contributed by atoms with Crippen molar-refractivity contribution in [2.24, 2.45) is 0 Å². The molecule has 0 radical (unpaired) electrons. The van der Waals surface area contributed by atoms with Gasteiger partial charge in [0.2, 0.25) is 0 Å². The Morgan fingerprint density at radius 2 is 2.03 bits per heavy atom. The van der Waals surface area contributed by atoms with Crippen LogP contribution in [0.2, 0.25) is 0 Å². The molecule has 3 aromatic rings. The Labute approximate surface area is 167 Å². The molecule has 1 N–H and O–H groups in total. The molecule has 0 aliphatic heterocycles. The van der Waals surface area contributed by atoms with E-state index in [4.69, 9.17) is 4.52 Å². The molecule has 0 bridgehead atoms. The molecule has 29 heavy (non-hydrogen) atoms. The normalized spacial score (nSPS) is 11.4. The van der Waals surface area contributed by atoms with Gasteiger partial charge in [0.15, 0.2) is 5.65 Å².